The van der Waals surface area contributed by atoms with Crippen LogP contribution in [0.4, 0.5) is 0 Å². The largest absolute Gasteiger partial charge is 0.501 e. The highest BCUT2D eigenvalue weighted by Gasteiger charge is 2.20. The van der Waals surface area contributed by atoms with E-state index in [9.17, 15) is 13.2 Å². The van der Waals surface area contributed by atoms with E-state index in [4.69, 9.17) is 26.9 Å². The SMILES string of the molecule is CCOC(=O)C/C(C/C=C\c1ccc(Cl)cc1)=C(\c1ccc(S(C)(=O)=O)cc1)N(N)C1=CC=C(OC)CC=C1. The predicted octanol–water partition coefficient (Wildman–Crippen LogP) is 6.06. The maximum atomic E-state index is 12.7. The molecule has 0 atom stereocenters. The van der Waals surface area contributed by atoms with Crippen LogP contribution in [0.5, 0.6) is 0 Å². The summed E-state index contributed by atoms with van der Waals surface area (Å²) in [5.74, 6) is 7.11. The fourth-order valence-corrected chi connectivity index (χ4v) is 4.72. The molecule has 0 unspecified atom stereocenters. The van der Waals surface area contributed by atoms with Gasteiger partial charge in [-0.25, -0.2) is 14.3 Å². The lowest BCUT2D eigenvalue weighted by molar-refractivity contribution is -0.142. The molecule has 0 saturated heterocycles. The molecule has 2 aromatic rings. The Morgan fingerprint density at radius 3 is 2.41 bits per heavy atom. The van der Waals surface area contributed by atoms with Gasteiger partial charge in [-0.15, -0.1) is 0 Å². The minimum absolute atomic E-state index is 0.00812. The van der Waals surface area contributed by atoms with Crippen LogP contribution in [-0.4, -0.2) is 39.4 Å². The van der Waals surface area contributed by atoms with Crippen molar-refractivity contribution in [1.82, 2.24) is 5.01 Å². The van der Waals surface area contributed by atoms with E-state index in [0.717, 1.165) is 17.6 Å². The highest BCUT2D eigenvalue weighted by atomic mass is 35.5. The molecule has 0 aromatic heterocycles. The summed E-state index contributed by atoms with van der Waals surface area (Å²) in [5.41, 5.74) is 3.52. The van der Waals surface area contributed by atoms with Gasteiger partial charge in [0.2, 0.25) is 0 Å². The summed E-state index contributed by atoms with van der Waals surface area (Å²) in [7, 11) is -1.79. The first-order valence-corrected chi connectivity index (χ1v) is 14.7. The van der Waals surface area contributed by atoms with Gasteiger partial charge in [0.25, 0.3) is 0 Å². The molecule has 39 heavy (non-hydrogen) atoms. The van der Waals surface area contributed by atoms with E-state index >= 15 is 0 Å². The van der Waals surface area contributed by atoms with Gasteiger partial charge in [0.15, 0.2) is 9.84 Å². The number of hydrogen-bond acceptors (Lipinski definition) is 7. The van der Waals surface area contributed by atoms with Gasteiger partial charge in [-0.05, 0) is 72.5 Å². The Morgan fingerprint density at radius 1 is 1.10 bits per heavy atom. The molecule has 0 bridgehead atoms. The molecule has 2 aromatic carbocycles. The molecular formula is C30H33ClN2O5S. The monoisotopic (exact) mass is 568 g/mol. The van der Waals surface area contributed by atoms with Crippen molar-refractivity contribution in [3.8, 4) is 0 Å². The van der Waals surface area contributed by atoms with Crippen molar-refractivity contribution < 1.29 is 22.7 Å². The number of nitrogens with zero attached hydrogens (tertiary/aromatic N) is 1. The number of carbonyl (C=O) groups is 1. The molecule has 0 heterocycles. The minimum Gasteiger partial charge on any atom is -0.501 e. The van der Waals surface area contributed by atoms with Gasteiger partial charge < -0.3 is 9.47 Å². The molecule has 1 aliphatic rings. The van der Waals surface area contributed by atoms with Crippen molar-refractivity contribution in [2.75, 3.05) is 20.0 Å². The molecule has 0 aliphatic heterocycles. The second kappa shape index (κ2) is 14.0. The van der Waals surface area contributed by atoms with Gasteiger partial charge in [0, 0.05) is 17.7 Å². The van der Waals surface area contributed by atoms with Crippen LogP contribution in [0.3, 0.4) is 0 Å². The zero-order chi connectivity index (χ0) is 28.4. The number of benzene rings is 2. The average Bonchev–Trinajstić information content (AvgIpc) is 3.15. The van der Waals surface area contributed by atoms with Gasteiger partial charge in [-0.1, -0.05) is 54.1 Å². The fourth-order valence-electron chi connectivity index (χ4n) is 3.96. The normalized spacial score (nSPS) is 14.3. The molecule has 1 aliphatic carbocycles. The Hall–Kier alpha value is -3.59. The number of carbonyl (C=O) groups excluding carboxylic acids is 1. The molecule has 0 spiro atoms. The average molecular weight is 569 g/mol. The molecule has 2 N–H and O–H groups in total. The first-order valence-electron chi connectivity index (χ1n) is 12.4. The van der Waals surface area contributed by atoms with Gasteiger partial charge in [0.05, 0.1) is 42.2 Å². The zero-order valence-electron chi connectivity index (χ0n) is 22.3. The summed E-state index contributed by atoms with van der Waals surface area (Å²) in [5, 5.41) is 2.15. The Morgan fingerprint density at radius 2 is 1.79 bits per heavy atom. The Balaban J connectivity index is 2.14. The second-order valence-electron chi connectivity index (χ2n) is 8.79. The standard InChI is InChI=1S/C30H33ClN2O5S/c1-4-38-29(34)21-24(8-5-7-22-11-15-25(31)16-12-22)30(23-13-19-28(20-14-23)39(3,35)36)33(32)26-9-6-10-27(37-2)18-17-26/h5-7,9,11-20H,4,8,10,21,32H2,1-3H3/b7-5-,30-24+. The van der Waals surface area contributed by atoms with Crippen molar-refractivity contribution in [2.45, 2.75) is 31.1 Å². The van der Waals surface area contributed by atoms with E-state index in [1.807, 2.05) is 48.6 Å². The third kappa shape index (κ3) is 8.71. The van der Waals surface area contributed by atoms with Crippen molar-refractivity contribution in [3.63, 3.8) is 0 Å². The lowest BCUT2D eigenvalue weighted by Gasteiger charge is -2.26. The number of hydrogen-bond donors (Lipinski definition) is 1. The van der Waals surface area contributed by atoms with Gasteiger partial charge in [0.1, 0.15) is 0 Å². The number of hydrazine groups is 1. The summed E-state index contributed by atoms with van der Waals surface area (Å²) < 4.78 is 34.8. The Bertz CT molecular complexity index is 1420. The van der Waals surface area contributed by atoms with Gasteiger partial charge >= 0.3 is 5.97 Å². The molecule has 0 amide bonds. The molecule has 206 valence electrons. The molecular weight excluding hydrogens is 536 g/mol. The second-order valence-corrected chi connectivity index (χ2v) is 11.2. The van der Waals surface area contributed by atoms with Crippen LogP contribution in [0.1, 0.15) is 37.3 Å². The topological polar surface area (TPSA) is 98.9 Å². The molecule has 0 saturated carbocycles. The lowest BCUT2D eigenvalue weighted by atomic mass is 9.99. The smallest absolute Gasteiger partial charge is 0.310 e. The molecule has 0 fully saturated rings. The van der Waals surface area contributed by atoms with Crippen molar-refractivity contribution in [1.29, 1.82) is 0 Å². The van der Waals surface area contributed by atoms with Crippen LogP contribution in [0.2, 0.25) is 5.02 Å². The Kier molecular flexibility index (Phi) is 10.7. The van der Waals surface area contributed by atoms with Gasteiger partial charge in [-0.2, -0.15) is 0 Å². The van der Waals surface area contributed by atoms with Gasteiger partial charge in [-0.3, -0.25) is 9.80 Å². The summed E-state index contributed by atoms with van der Waals surface area (Å²) in [6.45, 7) is 2.00. The summed E-state index contributed by atoms with van der Waals surface area (Å²) in [6, 6.07) is 13.9. The summed E-state index contributed by atoms with van der Waals surface area (Å²) in [4.78, 5) is 12.9. The van der Waals surface area contributed by atoms with Crippen LogP contribution in [0.15, 0.2) is 101 Å². The predicted molar refractivity (Wildman–Crippen MR) is 156 cm³/mol. The summed E-state index contributed by atoms with van der Waals surface area (Å²) in [6.07, 6.45) is 13.5. The first-order chi connectivity index (χ1) is 18.6. The Labute approximate surface area is 235 Å². The van der Waals surface area contributed by atoms with E-state index < -0.39 is 15.8 Å². The van der Waals surface area contributed by atoms with Crippen LogP contribution in [-0.2, 0) is 24.1 Å². The maximum Gasteiger partial charge on any atom is 0.310 e. The quantitative estimate of drug-likeness (QED) is 0.200. The van der Waals surface area contributed by atoms with E-state index in [0.29, 0.717) is 40.4 Å². The third-order valence-corrected chi connectivity index (χ3v) is 7.31. The number of halogens is 1. The van der Waals surface area contributed by atoms with Crippen molar-refractivity contribution in [2.24, 2.45) is 5.84 Å². The van der Waals surface area contributed by atoms with E-state index in [2.05, 4.69) is 0 Å². The number of methoxy groups -OCH3 is 1. The number of esters is 1. The lowest BCUT2D eigenvalue weighted by Crippen LogP contribution is -2.29. The highest BCUT2D eigenvalue weighted by molar-refractivity contribution is 7.90. The summed E-state index contributed by atoms with van der Waals surface area (Å²) >= 11 is 6.01. The minimum atomic E-state index is -3.39. The van der Waals surface area contributed by atoms with E-state index in [1.165, 1.54) is 17.1 Å². The molecule has 9 heteroatoms. The van der Waals surface area contributed by atoms with Crippen LogP contribution < -0.4 is 5.84 Å². The number of ether oxygens (including phenoxy) is 2. The van der Waals surface area contributed by atoms with Crippen LogP contribution in [0.25, 0.3) is 11.8 Å². The number of nitrogens with two attached hydrogens (primary N) is 1. The van der Waals surface area contributed by atoms with E-state index in [1.54, 1.807) is 38.3 Å². The van der Waals surface area contributed by atoms with Crippen LogP contribution >= 0.6 is 11.6 Å². The number of rotatable bonds is 11. The fraction of sp³-hybridized carbons (Fsp3) is 0.233. The first kappa shape index (κ1) is 30.0. The number of sulfone groups is 1. The highest BCUT2D eigenvalue weighted by Crippen LogP contribution is 2.31. The van der Waals surface area contributed by atoms with Crippen molar-refractivity contribution >= 4 is 39.2 Å². The molecule has 7 nitrogen and oxygen atoms in total. The maximum absolute atomic E-state index is 12.7. The van der Waals surface area contributed by atoms with Crippen LogP contribution in [0, 0.1) is 0 Å². The zero-order valence-corrected chi connectivity index (χ0v) is 23.8. The number of allylic oxidation sites excluding steroid dienone is 5. The van der Waals surface area contributed by atoms with E-state index in [-0.39, 0.29) is 17.9 Å². The van der Waals surface area contributed by atoms with Crippen molar-refractivity contribution in [3.05, 3.63) is 112 Å². The molecule has 3 rings (SSSR count). The molecule has 0 radical (unpaired) electrons. The third-order valence-electron chi connectivity index (χ3n) is 5.93.